The maximum absolute atomic E-state index is 12.9. The number of anilines is 1. The summed E-state index contributed by atoms with van der Waals surface area (Å²) in [7, 11) is 0. The van der Waals surface area contributed by atoms with Gasteiger partial charge in [-0.15, -0.1) is 0 Å². The Hall–Kier alpha value is -2.71. The average Bonchev–Trinajstić information content (AvgIpc) is 2.25. The van der Waals surface area contributed by atoms with Gasteiger partial charge in [0.1, 0.15) is 17.7 Å². The highest BCUT2D eigenvalue weighted by Crippen LogP contribution is 2.12. The van der Waals surface area contributed by atoms with Crippen LogP contribution in [0.4, 0.5) is 19.3 Å². The molecular formula is C11H11F2N3O4. The zero-order chi connectivity index (χ0) is 15.3. The molecule has 0 fully saturated rings. The lowest BCUT2D eigenvalue weighted by molar-refractivity contribution is -0.140. The second kappa shape index (κ2) is 6.45. The van der Waals surface area contributed by atoms with Crippen LogP contribution in [0, 0.1) is 11.6 Å². The predicted octanol–water partition coefficient (Wildman–Crippen LogP) is 0.415. The lowest BCUT2D eigenvalue weighted by Gasteiger charge is -2.13. The van der Waals surface area contributed by atoms with E-state index in [1.54, 1.807) is 0 Å². The van der Waals surface area contributed by atoms with Gasteiger partial charge in [-0.1, -0.05) is 0 Å². The summed E-state index contributed by atoms with van der Waals surface area (Å²) in [6, 6.07) is -0.288. The second-order valence-electron chi connectivity index (χ2n) is 3.82. The molecule has 5 N–H and O–H groups in total. The minimum absolute atomic E-state index is 0.205. The molecule has 0 bridgehead atoms. The van der Waals surface area contributed by atoms with Gasteiger partial charge in [-0.05, 0) is 12.1 Å². The molecule has 0 aliphatic carbocycles. The third-order valence-electron chi connectivity index (χ3n) is 2.13. The largest absolute Gasteiger partial charge is 0.480 e. The zero-order valence-electron chi connectivity index (χ0n) is 10.0. The van der Waals surface area contributed by atoms with Crippen LogP contribution >= 0.6 is 0 Å². The number of carboxylic acid groups (broad SMARTS) is 1. The van der Waals surface area contributed by atoms with Crippen molar-refractivity contribution in [3.05, 3.63) is 29.8 Å². The van der Waals surface area contributed by atoms with Gasteiger partial charge in [0.2, 0.25) is 5.91 Å². The van der Waals surface area contributed by atoms with E-state index in [2.05, 4.69) is 0 Å². The molecule has 0 aromatic heterocycles. The number of nitrogens with one attached hydrogen (secondary N) is 2. The fraction of sp³-hybridized carbons (Fsp3) is 0.182. The normalized spacial score (nSPS) is 11.5. The monoisotopic (exact) mass is 287 g/mol. The number of halogens is 2. The van der Waals surface area contributed by atoms with Crippen molar-refractivity contribution >= 4 is 23.6 Å². The van der Waals surface area contributed by atoms with Crippen LogP contribution < -0.4 is 16.4 Å². The van der Waals surface area contributed by atoms with Crippen LogP contribution in [0.5, 0.6) is 0 Å². The van der Waals surface area contributed by atoms with Gasteiger partial charge in [0.15, 0.2) is 0 Å². The number of aliphatic carboxylic acids is 1. The number of hydrogen-bond acceptors (Lipinski definition) is 3. The van der Waals surface area contributed by atoms with Gasteiger partial charge in [-0.2, -0.15) is 0 Å². The molecule has 0 saturated carbocycles. The molecule has 1 aromatic carbocycles. The first kappa shape index (κ1) is 15.3. The number of amides is 3. The summed E-state index contributed by atoms with van der Waals surface area (Å²) in [5, 5.41) is 12.7. The molecule has 0 radical (unpaired) electrons. The van der Waals surface area contributed by atoms with Gasteiger partial charge >= 0.3 is 12.0 Å². The molecule has 0 aliphatic heterocycles. The lowest BCUT2D eigenvalue weighted by atomic mass is 10.2. The summed E-state index contributed by atoms with van der Waals surface area (Å²) in [4.78, 5) is 32.8. The van der Waals surface area contributed by atoms with Gasteiger partial charge in [0.25, 0.3) is 0 Å². The van der Waals surface area contributed by atoms with E-state index in [9.17, 15) is 23.2 Å². The quantitative estimate of drug-likeness (QED) is 0.626. The van der Waals surface area contributed by atoms with Crippen molar-refractivity contribution in [1.82, 2.24) is 5.32 Å². The van der Waals surface area contributed by atoms with Crippen LogP contribution in [-0.4, -0.2) is 29.1 Å². The number of nitrogens with two attached hydrogens (primary N) is 1. The Morgan fingerprint density at radius 1 is 1.20 bits per heavy atom. The van der Waals surface area contributed by atoms with Crippen LogP contribution in [0.2, 0.25) is 0 Å². The average molecular weight is 287 g/mol. The Balaban J connectivity index is 2.70. The number of carbonyl (C=O) groups excluding carboxylic acids is 2. The minimum atomic E-state index is -1.54. The third kappa shape index (κ3) is 4.88. The molecule has 0 spiro atoms. The number of urea groups is 1. The lowest BCUT2D eigenvalue weighted by Crippen LogP contribution is -2.45. The maximum Gasteiger partial charge on any atom is 0.326 e. The molecule has 1 atom stereocenters. The van der Waals surface area contributed by atoms with Crippen LogP contribution in [0.15, 0.2) is 18.2 Å². The first-order chi connectivity index (χ1) is 9.27. The maximum atomic E-state index is 12.9. The fourth-order valence-corrected chi connectivity index (χ4v) is 1.35. The van der Waals surface area contributed by atoms with Gasteiger partial charge in [0.05, 0.1) is 6.42 Å². The van der Waals surface area contributed by atoms with E-state index in [4.69, 9.17) is 10.8 Å². The van der Waals surface area contributed by atoms with Crippen molar-refractivity contribution in [3.63, 3.8) is 0 Å². The minimum Gasteiger partial charge on any atom is -0.480 e. The van der Waals surface area contributed by atoms with Crippen molar-refractivity contribution in [3.8, 4) is 0 Å². The van der Waals surface area contributed by atoms with Crippen molar-refractivity contribution in [1.29, 1.82) is 0 Å². The number of hydrogen-bond donors (Lipinski definition) is 4. The molecule has 0 saturated heterocycles. The third-order valence-corrected chi connectivity index (χ3v) is 2.13. The van der Waals surface area contributed by atoms with Gasteiger partial charge in [-0.25, -0.2) is 18.4 Å². The summed E-state index contributed by atoms with van der Waals surface area (Å²) in [6.07, 6.45) is -0.611. The first-order valence-corrected chi connectivity index (χ1v) is 5.32. The SMILES string of the molecule is NC(=O)C[C@H](NC(=O)Nc1cc(F)cc(F)c1)C(=O)O. The molecular weight excluding hydrogens is 276 g/mol. The summed E-state index contributed by atoms with van der Waals surface area (Å²) in [6.45, 7) is 0. The van der Waals surface area contributed by atoms with E-state index in [0.717, 1.165) is 12.1 Å². The summed E-state index contributed by atoms with van der Waals surface area (Å²) >= 11 is 0. The first-order valence-electron chi connectivity index (χ1n) is 5.32. The molecule has 108 valence electrons. The van der Waals surface area contributed by atoms with Crippen molar-refractivity contribution in [2.75, 3.05) is 5.32 Å². The highest BCUT2D eigenvalue weighted by molar-refractivity contribution is 5.93. The Bertz CT molecular complexity index is 530. The van der Waals surface area contributed by atoms with E-state index in [1.165, 1.54) is 0 Å². The van der Waals surface area contributed by atoms with E-state index >= 15 is 0 Å². The van der Waals surface area contributed by atoms with E-state index < -0.39 is 42.0 Å². The number of carboxylic acids is 1. The van der Waals surface area contributed by atoms with Gasteiger partial charge in [-0.3, -0.25) is 4.79 Å². The number of carbonyl (C=O) groups is 3. The van der Waals surface area contributed by atoms with Crippen LogP contribution in [0.25, 0.3) is 0 Å². The highest BCUT2D eigenvalue weighted by Gasteiger charge is 2.22. The predicted molar refractivity (Wildman–Crippen MR) is 63.7 cm³/mol. The molecule has 9 heteroatoms. The fourth-order valence-electron chi connectivity index (χ4n) is 1.35. The van der Waals surface area contributed by atoms with Crippen LogP contribution in [0.1, 0.15) is 6.42 Å². The van der Waals surface area contributed by atoms with Crippen molar-refractivity contribution in [2.24, 2.45) is 5.73 Å². The highest BCUT2D eigenvalue weighted by atomic mass is 19.1. The van der Waals surface area contributed by atoms with Crippen molar-refractivity contribution in [2.45, 2.75) is 12.5 Å². The second-order valence-corrected chi connectivity index (χ2v) is 3.82. The van der Waals surface area contributed by atoms with Crippen LogP contribution in [-0.2, 0) is 9.59 Å². The number of primary amides is 1. The summed E-state index contributed by atoms with van der Waals surface area (Å²) in [5.74, 6) is -4.21. The van der Waals surface area contributed by atoms with Crippen LogP contribution in [0.3, 0.4) is 0 Å². The zero-order valence-corrected chi connectivity index (χ0v) is 10.0. The molecule has 1 rings (SSSR count). The Morgan fingerprint density at radius 3 is 2.20 bits per heavy atom. The standard InChI is InChI=1S/C11H11F2N3O4/c12-5-1-6(13)3-7(2-5)15-11(20)16-8(10(18)19)4-9(14)17/h1-3,8H,4H2,(H2,14,17)(H,18,19)(H2,15,16,20)/t8-/m0/s1. The van der Waals surface area contributed by atoms with E-state index in [-0.39, 0.29) is 5.69 Å². The van der Waals surface area contributed by atoms with E-state index in [0.29, 0.717) is 6.07 Å². The molecule has 1 aromatic rings. The Kier molecular flexibility index (Phi) is 4.95. The van der Waals surface area contributed by atoms with Crippen molar-refractivity contribution < 1.29 is 28.3 Å². The number of rotatable bonds is 5. The van der Waals surface area contributed by atoms with Gasteiger partial charge < -0.3 is 21.5 Å². The van der Waals surface area contributed by atoms with Gasteiger partial charge in [0, 0.05) is 11.8 Å². The Morgan fingerprint density at radius 2 is 1.75 bits per heavy atom. The summed E-state index contributed by atoms with van der Waals surface area (Å²) in [5.41, 5.74) is 4.62. The summed E-state index contributed by atoms with van der Waals surface area (Å²) < 4.78 is 25.7. The van der Waals surface area contributed by atoms with E-state index in [1.807, 2.05) is 10.6 Å². The molecule has 0 heterocycles. The molecule has 0 aliphatic rings. The Labute approximate surface area is 111 Å². The molecule has 0 unspecified atom stereocenters. The number of benzene rings is 1. The topological polar surface area (TPSA) is 122 Å². The molecule has 7 nitrogen and oxygen atoms in total. The molecule has 20 heavy (non-hydrogen) atoms. The molecule has 3 amide bonds. The smallest absolute Gasteiger partial charge is 0.326 e.